The Labute approximate surface area is 112 Å². The molecular formula is C12H11NO3S2. The molecule has 0 radical (unpaired) electrons. The van der Waals surface area contributed by atoms with Gasteiger partial charge in [0.25, 0.3) is 0 Å². The van der Waals surface area contributed by atoms with E-state index in [1.165, 1.54) is 6.26 Å². The Hall–Kier alpha value is -1.14. The van der Waals surface area contributed by atoms with Crippen LogP contribution in [0.25, 0.3) is 11.0 Å². The van der Waals surface area contributed by atoms with E-state index in [1.54, 1.807) is 12.1 Å². The van der Waals surface area contributed by atoms with E-state index in [4.69, 9.17) is 4.42 Å². The number of benzene rings is 1. The van der Waals surface area contributed by atoms with Crippen molar-refractivity contribution in [1.82, 2.24) is 0 Å². The van der Waals surface area contributed by atoms with Crippen LogP contribution in [0.1, 0.15) is 12.5 Å². The lowest BCUT2D eigenvalue weighted by molar-refractivity contribution is -0.383. The summed E-state index contributed by atoms with van der Waals surface area (Å²) in [6, 6.07) is 5.42. The lowest BCUT2D eigenvalue weighted by atomic mass is 10.1. The van der Waals surface area contributed by atoms with Gasteiger partial charge in [0.15, 0.2) is 0 Å². The van der Waals surface area contributed by atoms with Crippen LogP contribution in [-0.2, 0) is 4.08 Å². The molecule has 0 saturated carbocycles. The quantitative estimate of drug-likeness (QED) is 0.615. The second-order valence-electron chi connectivity index (χ2n) is 4.23. The predicted molar refractivity (Wildman–Crippen MR) is 75.1 cm³/mol. The van der Waals surface area contributed by atoms with Crippen LogP contribution in [0.3, 0.4) is 0 Å². The first-order valence-corrected chi connectivity index (χ1v) is 7.51. The van der Waals surface area contributed by atoms with E-state index in [-0.39, 0.29) is 14.7 Å². The average molecular weight is 281 g/mol. The average Bonchev–Trinajstić information content (AvgIpc) is 2.96. The maximum atomic E-state index is 11.1. The fraction of sp³-hybridized carbons (Fsp3) is 0.333. The van der Waals surface area contributed by atoms with E-state index in [1.807, 2.05) is 29.6 Å². The van der Waals surface area contributed by atoms with Gasteiger partial charge in [-0.2, -0.15) is 0 Å². The molecule has 1 aromatic carbocycles. The van der Waals surface area contributed by atoms with Gasteiger partial charge in [-0.1, -0.05) is 0 Å². The molecule has 6 heteroatoms. The molecule has 0 aliphatic carbocycles. The van der Waals surface area contributed by atoms with Gasteiger partial charge in [0.2, 0.25) is 5.58 Å². The van der Waals surface area contributed by atoms with Crippen molar-refractivity contribution in [3.63, 3.8) is 0 Å². The highest BCUT2D eigenvalue weighted by Gasteiger charge is 2.34. The van der Waals surface area contributed by atoms with Crippen molar-refractivity contribution in [2.45, 2.75) is 11.0 Å². The van der Waals surface area contributed by atoms with Gasteiger partial charge in [0, 0.05) is 23.0 Å². The Morgan fingerprint density at radius 3 is 2.78 bits per heavy atom. The summed E-state index contributed by atoms with van der Waals surface area (Å²) in [6.45, 7) is 2.13. The molecule has 1 aliphatic heterocycles. The standard InChI is InChI=1S/C12H11NO3S2/c1-12(17-4-5-18-12)9-6-8-2-3-16-11(8)10(7-9)13(14)15/h2-3,6-7H,4-5H2,1H3. The van der Waals surface area contributed by atoms with Gasteiger partial charge in [-0.05, 0) is 24.6 Å². The molecule has 3 rings (SSSR count). The van der Waals surface area contributed by atoms with Crippen LogP contribution in [0.2, 0.25) is 0 Å². The minimum Gasteiger partial charge on any atom is -0.457 e. The molecule has 94 valence electrons. The summed E-state index contributed by atoms with van der Waals surface area (Å²) in [6.07, 6.45) is 1.50. The molecule has 0 amide bonds. The van der Waals surface area contributed by atoms with Gasteiger partial charge in [-0.3, -0.25) is 10.1 Å². The highest BCUT2D eigenvalue weighted by molar-refractivity contribution is 8.20. The fourth-order valence-corrected chi connectivity index (χ4v) is 4.99. The minimum atomic E-state index is -0.372. The minimum absolute atomic E-state index is 0.0572. The van der Waals surface area contributed by atoms with E-state index >= 15 is 0 Å². The van der Waals surface area contributed by atoms with Crippen LogP contribution in [0, 0.1) is 10.1 Å². The topological polar surface area (TPSA) is 56.3 Å². The molecule has 2 aromatic rings. The first kappa shape index (κ1) is 11.9. The molecule has 1 saturated heterocycles. The number of rotatable bonds is 2. The monoisotopic (exact) mass is 281 g/mol. The molecule has 2 heterocycles. The van der Waals surface area contributed by atoms with E-state index in [2.05, 4.69) is 6.92 Å². The van der Waals surface area contributed by atoms with Gasteiger partial charge in [0.05, 0.1) is 15.3 Å². The molecule has 1 aliphatic rings. The van der Waals surface area contributed by atoms with Crippen molar-refractivity contribution in [3.05, 3.63) is 40.1 Å². The summed E-state index contributed by atoms with van der Waals surface area (Å²) in [4.78, 5) is 10.7. The molecule has 0 unspecified atom stereocenters. The van der Waals surface area contributed by atoms with E-state index < -0.39 is 0 Å². The number of nitro benzene ring substituents is 1. The SMILES string of the molecule is CC1(c2cc([N+](=O)[O-])c3occc3c2)SCCS1. The first-order chi connectivity index (χ1) is 8.60. The zero-order valence-corrected chi connectivity index (χ0v) is 11.3. The highest BCUT2D eigenvalue weighted by Crippen LogP contribution is 2.52. The summed E-state index contributed by atoms with van der Waals surface area (Å²) >= 11 is 3.68. The second-order valence-corrected chi connectivity index (χ2v) is 7.52. The van der Waals surface area contributed by atoms with Crippen molar-refractivity contribution < 1.29 is 9.34 Å². The van der Waals surface area contributed by atoms with E-state index in [9.17, 15) is 10.1 Å². The number of fused-ring (bicyclic) bond motifs is 1. The summed E-state index contributed by atoms with van der Waals surface area (Å²) < 4.78 is 5.12. The highest BCUT2D eigenvalue weighted by atomic mass is 32.2. The summed E-state index contributed by atoms with van der Waals surface area (Å²) in [7, 11) is 0. The summed E-state index contributed by atoms with van der Waals surface area (Å²) in [5.41, 5.74) is 1.41. The third-order valence-electron chi connectivity index (χ3n) is 3.09. The Kier molecular flexibility index (Phi) is 2.79. The maximum Gasteiger partial charge on any atom is 0.312 e. The van der Waals surface area contributed by atoms with Gasteiger partial charge < -0.3 is 4.42 Å². The molecule has 1 aromatic heterocycles. The Morgan fingerprint density at radius 1 is 1.39 bits per heavy atom. The van der Waals surface area contributed by atoms with Crippen molar-refractivity contribution >= 4 is 40.2 Å². The van der Waals surface area contributed by atoms with Crippen molar-refractivity contribution in [1.29, 1.82) is 0 Å². The predicted octanol–water partition coefficient (Wildman–Crippen LogP) is 3.99. The van der Waals surface area contributed by atoms with Crippen molar-refractivity contribution in [2.24, 2.45) is 0 Å². The summed E-state index contributed by atoms with van der Waals surface area (Å²) in [5, 5.41) is 11.9. The smallest absolute Gasteiger partial charge is 0.312 e. The lowest BCUT2D eigenvalue weighted by Crippen LogP contribution is -2.08. The van der Waals surface area contributed by atoms with Crippen LogP contribution in [0.4, 0.5) is 5.69 Å². The van der Waals surface area contributed by atoms with Crippen molar-refractivity contribution in [3.8, 4) is 0 Å². The van der Waals surface area contributed by atoms with Crippen LogP contribution in [0.5, 0.6) is 0 Å². The number of furan rings is 1. The van der Waals surface area contributed by atoms with Gasteiger partial charge >= 0.3 is 5.69 Å². The van der Waals surface area contributed by atoms with Crippen LogP contribution < -0.4 is 0 Å². The number of hydrogen-bond donors (Lipinski definition) is 0. The molecule has 0 N–H and O–H groups in total. The zero-order valence-electron chi connectivity index (χ0n) is 9.71. The number of thioether (sulfide) groups is 2. The third-order valence-corrected chi connectivity index (χ3v) is 6.45. The fourth-order valence-electron chi connectivity index (χ4n) is 2.14. The normalized spacial score (nSPS) is 18.3. The maximum absolute atomic E-state index is 11.1. The lowest BCUT2D eigenvalue weighted by Gasteiger charge is -2.22. The van der Waals surface area contributed by atoms with Crippen molar-refractivity contribution in [2.75, 3.05) is 11.5 Å². The van der Waals surface area contributed by atoms with E-state index in [0.717, 1.165) is 22.5 Å². The summed E-state index contributed by atoms with van der Waals surface area (Å²) in [5.74, 6) is 2.16. The van der Waals surface area contributed by atoms with Crippen LogP contribution in [0.15, 0.2) is 28.9 Å². The number of non-ortho nitro benzene ring substituents is 1. The number of nitrogens with zero attached hydrogens (tertiary/aromatic N) is 1. The molecule has 0 spiro atoms. The first-order valence-electron chi connectivity index (χ1n) is 5.54. The largest absolute Gasteiger partial charge is 0.457 e. The molecule has 0 bridgehead atoms. The number of hydrogen-bond acceptors (Lipinski definition) is 5. The molecule has 0 atom stereocenters. The molecule has 18 heavy (non-hydrogen) atoms. The molecule has 1 fully saturated rings. The Balaban J connectivity index is 2.21. The van der Waals surface area contributed by atoms with Gasteiger partial charge in [-0.15, -0.1) is 23.5 Å². The third kappa shape index (κ3) is 1.80. The van der Waals surface area contributed by atoms with Crippen LogP contribution in [-0.4, -0.2) is 16.4 Å². The zero-order chi connectivity index (χ0) is 12.8. The molecular weight excluding hydrogens is 270 g/mol. The van der Waals surface area contributed by atoms with E-state index in [0.29, 0.717) is 5.58 Å². The van der Waals surface area contributed by atoms with Crippen LogP contribution >= 0.6 is 23.5 Å². The molecule has 4 nitrogen and oxygen atoms in total. The van der Waals surface area contributed by atoms with Gasteiger partial charge in [-0.25, -0.2) is 0 Å². The van der Waals surface area contributed by atoms with Gasteiger partial charge in [0.1, 0.15) is 0 Å². The Bertz CT molecular complexity index is 617. The Morgan fingerprint density at radius 2 is 2.11 bits per heavy atom. The number of nitro groups is 1. The second kappa shape index (κ2) is 4.20.